The lowest BCUT2D eigenvalue weighted by atomic mass is 9.99. The zero-order chi connectivity index (χ0) is 14.7. The van der Waals surface area contributed by atoms with Gasteiger partial charge in [0, 0.05) is 24.7 Å². The lowest BCUT2D eigenvalue weighted by Gasteiger charge is -2.17. The van der Waals surface area contributed by atoms with Crippen molar-refractivity contribution >= 4 is 11.7 Å². The molecule has 0 radical (unpaired) electrons. The SMILES string of the molecule is Cc1cccc(NC(=O)N2CC[C@H](c3ccccc3)C2)c1. The molecule has 2 aromatic carbocycles. The number of rotatable bonds is 2. The Bertz CT molecular complexity index is 624. The van der Waals surface area contributed by atoms with E-state index in [1.807, 2.05) is 42.2 Å². The molecular weight excluding hydrogens is 260 g/mol. The summed E-state index contributed by atoms with van der Waals surface area (Å²) in [5.41, 5.74) is 3.34. The fourth-order valence-electron chi connectivity index (χ4n) is 2.87. The Morgan fingerprint density at radius 1 is 1.14 bits per heavy atom. The lowest BCUT2D eigenvalue weighted by molar-refractivity contribution is 0.222. The van der Waals surface area contributed by atoms with E-state index in [0.29, 0.717) is 5.92 Å². The molecule has 1 aliphatic rings. The van der Waals surface area contributed by atoms with Crippen molar-refractivity contribution in [3.05, 3.63) is 65.7 Å². The second-order valence-corrected chi connectivity index (χ2v) is 5.64. The highest BCUT2D eigenvalue weighted by atomic mass is 16.2. The number of nitrogens with one attached hydrogen (secondary N) is 1. The molecule has 3 heteroatoms. The van der Waals surface area contributed by atoms with Crippen LogP contribution >= 0.6 is 0 Å². The Labute approximate surface area is 125 Å². The maximum absolute atomic E-state index is 12.3. The smallest absolute Gasteiger partial charge is 0.321 e. The van der Waals surface area contributed by atoms with Crippen LogP contribution in [0.2, 0.25) is 0 Å². The van der Waals surface area contributed by atoms with Gasteiger partial charge in [0.15, 0.2) is 0 Å². The first kappa shape index (κ1) is 13.7. The summed E-state index contributed by atoms with van der Waals surface area (Å²) >= 11 is 0. The van der Waals surface area contributed by atoms with E-state index in [0.717, 1.165) is 30.8 Å². The number of likely N-dealkylation sites (tertiary alicyclic amines) is 1. The van der Waals surface area contributed by atoms with Crippen molar-refractivity contribution < 1.29 is 4.79 Å². The molecule has 3 rings (SSSR count). The van der Waals surface area contributed by atoms with Gasteiger partial charge in [0.05, 0.1) is 0 Å². The van der Waals surface area contributed by atoms with Crippen molar-refractivity contribution in [3.63, 3.8) is 0 Å². The summed E-state index contributed by atoms with van der Waals surface area (Å²) in [5.74, 6) is 0.453. The summed E-state index contributed by atoms with van der Waals surface area (Å²) in [5, 5.41) is 2.98. The number of hydrogen-bond donors (Lipinski definition) is 1. The van der Waals surface area contributed by atoms with Crippen molar-refractivity contribution in [1.82, 2.24) is 4.90 Å². The van der Waals surface area contributed by atoms with E-state index >= 15 is 0 Å². The zero-order valence-electron chi connectivity index (χ0n) is 12.3. The molecule has 0 saturated carbocycles. The minimum Gasteiger partial charge on any atom is -0.324 e. The van der Waals surface area contributed by atoms with E-state index in [2.05, 4.69) is 29.6 Å². The van der Waals surface area contributed by atoms with Crippen LogP contribution in [0.25, 0.3) is 0 Å². The second kappa shape index (κ2) is 6.00. The zero-order valence-corrected chi connectivity index (χ0v) is 12.3. The Kier molecular flexibility index (Phi) is 3.91. The first-order chi connectivity index (χ1) is 10.2. The van der Waals surface area contributed by atoms with E-state index in [1.165, 1.54) is 5.56 Å². The monoisotopic (exact) mass is 280 g/mol. The van der Waals surface area contributed by atoms with Crippen LogP contribution in [-0.4, -0.2) is 24.0 Å². The first-order valence-corrected chi connectivity index (χ1v) is 7.40. The molecule has 0 bridgehead atoms. The summed E-state index contributed by atoms with van der Waals surface area (Å²) in [6.45, 7) is 3.63. The number of benzene rings is 2. The number of hydrogen-bond acceptors (Lipinski definition) is 1. The van der Waals surface area contributed by atoms with Crippen LogP contribution in [0.4, 0.5) is 10.5 Å². The van der Waals surface area contributed by atoms with Gasteiger partial charge in [0.25, 0.3) is 0 Å². The van der Waals surface area contributed by atoms with Crippen molar-refractivity contribution in [1.29, 1.82) is 0 Å². The number of carbonyl (C=O) groups excluding carboxylic acids is 1. The number of nitrogens with zero attached hydrogens (tertiary/aromatic N) is 1. The number of carbonyl (C=O) groups is 1. The highest BCUT2D eigenvalue weighted by Crippen LogP contribution is 2.27. The normalized spacial score (nSPS) is 17.8. The Hall–Kier alpha value is -2.29. The topological polar surface area (TPSA) is 32.3 Å². The second-order valence-electron chi connectivity index (χ2n) is 5.64. The molecule has 1 N–H and O–H groups in total. The highest BCUT2D eigenvalue weighted by Gasteiger charge is 2.27. The van der Waals surface area contributed by atoms with Crippen LogP contribution in [0.5, 0.6) is 0 Å². The van der Waals surface area contributed by atoms with Gasteiger partial charge in [-0.2, -0.15) is 0 Å². The maximum Gasteiger partial charge on any atom is 0.321 e. The van der Waals surface area contributed by atoms with Crippen LogP contribution in [0.15, 0.2) is 54.6 Å². The van der Waals surface area contributed by atoms with E-state index in [1.54, 1.807) is 0 Å². The molecule has 3 nitrogen and oxygen atoms in total. The van der Waals surface area contributed by atoms with Gasteiger partial charge in [0.2, 0.25) is 0 Å². The van der Waals surface area contributed by atoms with Gasteiger partial charge in [-0.15, -0.1) is 0 Å². The molecule has 2 amide bonds. The third-order valence-electron chi connectivity index (χ3n) is 4.02. The average Bonchev–Trinajstić information content (AvgIpc) is 2.98. The first-order valence-electron chi connectivity index (χ1n) is 7.40. The van der Waals surface area contributed by atoms with E-state index in [-0.39, 0.29) is 6.03 Å². The van der Waals surface area contributed by atoms with Crippen LogP contribution in [0.3, 0.4) is 0 Å². The number of urea groups is 1. The van der Waals surface area contributed by atoms with Gasteiger partial charge in [0.1, 0.15) is 0 Å². The molecule has 1 aliphatic heterocycles. The predicted molar refractivity (Wildman–Crippen MR) is 85.6 cm³/mol. The van der Waals surface area contributed by atoms with Crippen molar-refractivity contribution in [2.45, 2.75) is 19.3 Å². The highest BCUT2D eigenvalue weighted by molar-refractivity contribution is 5.89. The van der Waals surface area contributed by atoms with Gasteiger partial charge in [-0.25, -0.2) is 4.79 Å². The minimum absolute atomic E-state index is 0.000897. The standard InChI is InChI=1S/C18H20N2O/c1-14-6-5-9-17(12-14)19-18(21)20-11-10-16(13-20)15-7-3-2-4-8-15/h2-9,12,16H,10-11,13H2,1H3,(H,19,21)/t16-/m0/s1. The molecule has 1 heterocycles. The van der Waals surface area contributed by atoms with Gasteiger partial charge in [-0.3, -0.25) is 0 Å². The molecule has 1 atom stereocenters. The molecule has 0 aliphatic carbocycles. The number of anilines is 1. The molecular formula is C18H20N2O. The fourth-order valence-corrected chi connectivity index (χ4v) is 2.87. The lowest BCUT2D eigenvalue weighted by Crippen LogP contribution is -2.32. The summed E-state index contributed by atoms with van der Waals surface area (Å²) in [4.78, 5) is 14.2. The Balaban J connectivity index is 1.62. The predicted octanol–water partition coefficient (Wildman–Crippen LogP) is 4.02. The summed E-state index contributed by atoms with van der Waals surface area (Å²) in [6, 6.07) is 18.3. The quantitative estimate of drug-likeness (QED) is 0.885. The largest absolute Gasteiger partial charge is 0.324 e. The van der Waals surface area contributed by atoms with Gasteiger partial charge >= 0.3 is 6.03 Å². The third-order valence-corrected chi connectivity index (χ3v) is 4.02. The van der Waals surface area contributed by atoms with Crippen LogP contribution in [0, 0.1) is 6.92 Å². The summed E-state index contributed by atoms with van der Waals surface area (Å²) in [7, 11) is 0. The van der Waals surface area contributed by atoms with Gasteiger partial charge < -0.3 is 10.2 Å². The van der Waals surface area contributed by atoms with Crippen molar-refractivity contribution in [2.24, 2.45) is 0 Å². The summed E-state index contributed by atoms with van der Waals surface area (Å²) < 4.78 is 0. The van der Waals surface area contributed by atoms with Crippen LogP contribution in [0.1, 0.15) is 23.5 Å². The van der Waals surface area contributed by atoms with Crippen molar-refractivity contribution in [3.8, 4) is 0 Å². The minimum atomic E-state index is -0.000897. The van der Waals surface area contributed by atoms with Gasteiger partial charge in [-0.1, -0.05) is 42.5 Å². The maximum atomic E-state index is 12.3. The Morgan fingerprint density at radius 2 is 1.95 bits per heavy atom. The molecule has 2 aromatic rings. The van der Waals surface area contributed by atoms with E-state index < -0.39 is 0 Å². The van der Waals surface area contributed by atoms with Crippen LogP contribution < -0.4 is 5.32 Å². The number of aryl methyl sites for hydroxylation is 1. The van der Waals surface area contributed by atoms with E-state index in [4.69, 9.17) is 0 Å². The molecule has 108 valence electrons. The Morgan fingerprint density at radius 3 is 2.71 bits per heavy atom. The molecule has 1 fully saturated rings. The third kappa shape index (κ3) is 3.24. The summed E-state index contributed by atoms with van der Waals surface area (Å²) in [6.07, 6.45) is 1.03. The number of amides is 2. The van der Waals surface area contributed by atoms with Crippen LogP contribution in [-0.2, 0) is 0 Å². The average molecular weight is 280 g/mol. The molecule has 21 heavy (non-hydrogen) atoms. The molecule has 0 unspecified atom stereocenters. The van der Waals surface area contributed by atoms with Gasteiger partial charge in [-0.05, 0) is 36.6 Å². The van der Waals surface area contributed by atoms with E-state index in [9.17, 15) is 4.79 Å². The molecule has 1 saturated heterocycles. The molecule has 0 spiro atoms. The fraction of sp³-hybridized carbons (Fsp3) is 0.278. The van der Waals surface area contributed by atoms with Crippen molar-refractivity contribution in [2.75, 3.05) is 18.4 Å². The molecule has 0 aromatic heterocycles.